The second kappa shape index (κ2) is 14.7. The van der Waals surface area contributed by atoms with Gasteiger partial charge in [0.2, 0.25) is 0 Å². The monoisotopic (exact) mass is 456 g/mol. The zero-order valence-corrected chi connectivity index (χ0v) is 21.4. The summed E-state index contributed by atoms with van der Waals surface area (Å²) in [6, 6.07) is 7.63. The third-order valence-electron chi connectivity index (χ3n) is 8.15. The van der Waals surface area contributed by atoms with Crippen LogP contribution in [0.2, 0.25) is 0 Å². The molecule has 0 spiro atoms. The van der Waals surface area contributed by atoms with Gasteiger partial charge in [-0.25, -0.2) is 0 Å². The van der Waals surface area contributed by atoms with E-state index >= 15 is 0 Å². The minimum absolute atomic E-state index is 0.0559. The topological polar surface area (TPSA) is 35.5 Å². The molecule has 1 aromatic rings. The molecule has 2 aliphatic carbocycles. The summed E-state index contributed by atoms with van der Waals surface area (Å²) in [5.41, 5.74) is 0. The first kappa shape index (κ1) is 26.1. The minimum atomic E-state index is -0.0559. The first-order chi connectivity index (χ1) is 16.2. The summed E-state index contributed by atoms with van der Waals surface area (Å²) in [7, 11) is 0. The molecule has 2 unspecified atom stereocenters. The molecule has 0 radical (unpaired) electrons. The van der Waals surface area contributed by atoms with E-state index in [1.54, 1.807) is 0 Å². The van der Waals surface area contributed by atoms with Gasteiger partial charge in [0.05, 0.1) is 12.5 Å². The van der Waals surface area contributed by atoms with Gasteiger partial charge in [-0.15, -0.1) is 0 Å². The maximum atomic E-state index is 12.5. The van der Waals surface area contributed by atoms with Crippen LogP contribution in [0.4, 0.5) is 0 Å². The van der Waals surface area contributed by atoms with Gasteiger partial charge < -0.3 is 9.47 Å². The molecule has 2 fully saturated rings. The van der Waals surface area contributed by atoms with Gasteiger partial charge in [0, 0.05) is 0 Å². The van der Waals surface area contributed by atoms with Crippen LogP contribution in [0.15, 0.2) is 24.3 Å². The summed E-state index contributed by atoms with van der Waals surface area (Å²) in [6.45, 7) is 5.32. The fraction of sp³-hybridized carbons (Fsp3) is 0.767. The lowest BCUT2D eigenvalue weighted by Gasteiger charge is -2.31. The van der Waals surface area contributed by atoms with E-state index < -0.39 is 0 Å². The Morgan fingerprint density at radius 1 is 0.758 bits per heavy atom. The van der Waals surface area contributed by atoms with Crippen molar-refractivity contribution < 1.29 is 14.3 Å². The molecule has 0 aromatic heterocycles. The van der Waals surface area contributed by atoms with Crippen molar-refractivity contribution in [3.05, 3.63) is 24.3 Å². The van der Waals surface area contributed by atoms with Gasteiger partial charge in [-0.1, -0.05) is 78.1 Å². The molecular formula is C30H48O3. The SMILES string of the molecule is CCCCCC1CCCCC1CCCOc1ccc(OC(=O)C2CCC(CCC)CC2)cc1. The Balaban J connectivity index is 1.33. The van der Waals surface area contributed by atoms with Gasteiger partial charge in [0.25, 0.3) is 0 Å². The quantitative estimate of drug-likeness (QED) is 0.169. The van der Waals surface area contributed by atoms with Crippen molar-refractivity contribution in [1.29, 1.82) is 0 Å². The molecule has 33 heavy (non-hydrogen) atoms. The average molecular weight is 457 g/mol. The lowest BCUT2D eigenvalue weighted by Crippen LogP contribution is -2.25. The summed E-state index contributed by atoms with van der Waals surface area (Å²) in [5, 5.41) is 0. The first-order valence-corrected chi connectivity index (χ1v) is 14.1. The summed E-state index contributed by atoms with van der Waals surface area (Å²) < 4.78 is 11.7. The van der Waals surface area contributed by atoms with Crippen molar-refractivity contribution in [3.63, 3.8) is 0 Å². The van der Waals surface area contributed by atoms with Gasteiger partial charge in [-0.2, -0.15) is 0 Å². The Morgan fingerprint density at radius 3 is 2.03 bits per heavy atom. The van der Waals surface area contributed by atoms with Gasteiger partial charge in [-0.05, 0) is 80.5 Å². The highest BCUT2D eigenvalue weighted by Crippen LogP contribution is 2.36. The molecule has 2 saturated carbocycles. The summed E-state index contributed by atoms with van der Waals surface area (Å²) in [6.07, 6.45) is 20.5. The Labute approximate surface area is 203 Å². The van der Waals surface area contributed by atoms with Gasteiger partial charge in [0.1, 0.15) is 11.5 Å². The number of carbonyl (C=O) groups is 1. The standard InChI is InChI=1S/C30H48O3/c1-3-5-6-11-25-12-7-8-13-26(25)14-9-23-32-28-19-21-29(22-20-28)33-30(31)27-17-15-24(10-4-2)16-18-27/h19-22,24-27H,3-18,23H2,1-2H3. The number of esters is 1. The first-order valence-electron chi connectivity index (χ1n) is 14.1. The largest absolute Gasteiger partial charge is 0.494 e. The smallest absolute Gasteiger partial charge is 0.314 e. The molecule has 3 heteroatoms. The number of rotatable bonds is 13. The molecule has 0 heterocycles. The van der Waals surface area contributed by atoms with Crippen molar-refractivity contribution in [1.82, 2.24) is 0 Å². The molecule has 0 aliphatic heterocycles. The van der Waals surface area contributed by atoms with E-state index in [-0.39, 0.29) is 11.9 Å². The number of unbranched alkanes of at least 4 members (excludes halogenated alkanes) is 2. The minimum Gasteiger partial charge on any atom is -0.494 e. The van der Waals surface area contributed by atoms with Crippen LogP contribution >= 0.6 is 0 Å². The van der Waals surface area contributed by atoms with Crippen LogP contribution in [0.3, 0.4) is 0 Å². The van der Waals surface area contributed by atoms with Crippen molar-refractivity contribution in [2.75, 3.05) is 6.61 Å². The molecule has 1 aromatic carbocycles. The third kappa shape index (κ3) is 8.98. The molecule has 3 rings (SSSR count). The van der Waals surface area contributed by atoms with Crippen molar-refractivity contribution in [2.45, 2.75) is 117 Å². The van der Waals surface area contributed by atoms with Gasteiger partial charge in [-0.3, -0.25) is 4.79 Å². The lowest BCUT2D eigenvalue weighted by molar-refractivity contribution is -0.140. The van der Waals surface area contributed by atoms with Crippen molar-refractivity contribution in [2.24, 2.45) is 23.7 Å². The maximum Gasteiger partial charge on any atom is 0.314 e. The number of hydrogen-bond donors (Lipinski definition) is 0. The second-order valence-electron chi connectivity index (χ2n) is 10.7. The van der Waals surface area contributed by atoms with Gasteiger partial charge in [0.15, 0.2) is 0 Å². The molecule has 186 valence electrons. The van der Waals surface area contributed by atoms with E-state index in [1.807, 2.05) is 24.3 Å². The number of hydrogen-bond acceptors (Lipinski definition) is 3. The van der Waals surface area contributed by atoms with Crippen LogP contribution in [0, 0.1) is 23.7 Å². The van der Waals surface area contributed by atoms with Crippen molar-refractivity contribution in [3.8, 4) is 11.5 Å². The third-order valence-corrected chi connectivity index (χ3v) is 8.15. The zero-order valence-electron chi connectivity index (χ0n) is 21.4. The molecule has 2 atom stereocenters. The highest BCUT2D eigenvalue weighted by Gasteiger charge is 2.27. The molecule has 3 nitrogen and oxygen atoms in total. The summed E-state index contributed by atoms with van der Waals surface area (Å²) in [5.74, 6) is 4.18. The Morgan fingerprint density at radius 2 is 1.39 bits per heavy atom. The van der Waals surface area contributed by atoms with E-state index in [1.165, 1.54) is 83.5 Å². The van der Waals surface area contributed by atoms with E-state index in [0.717, 1.165) is 49.4 Å². The van der Waals surface area contributed by atoms with Crippen LogP contribution in [-0.2, 0) is 4.79 Å². The van der Waals surface area contributed by atoms with E-state index in [4.69, 9.17) is 9.47 Å². The van der Waals surface area contributed by atoms with Crippen LogP contribution in [-0.4, -0.2) is 12.6 Å². The van der Waals surface area contributed by atoms with E-state index in [0.29, 0.717) is 5.75 Å². The van der Waals surface area contributed by atoms with Crippen LogP contribution in [0.1, 0.15) is 117 Å². The molecule has 0 N–H and O–H groups in total. The maximum absolute atomic E-state index is 12.5. The normalized spacial score (nSPS) is 25.5. The van der Waals surface area contributed by atoms with Crippen LogP contribution < -0.4 is 9.47 Å². The predicted molar refractivity (Wildman–Crippen MR) is 137 cm³/mol. The highest BCUT2D eigenvalue weighted by molar-refractivity contribution is 5.75. The fourth-order valence-electron chi connectivity index (χ4n) is 6.14. The molecule has 0 saturated heterocycles. The Hall–Kier alpha value is -1.51. The molecular weight excluding hydrogens is 408 g/mol. The highest BCUT2D eigenvalue weighted by atomic mass is 16.5. The number of benzene rings is 1. The number of ether oxygens (including phenoxy) is 2. The summed E-state index contributed by atoms with van der Waals surface area (Å²) >= 11 is 0. The average Bonchev–Trinajstić information content (AvgIpc) is 2.84. The lowest BCUT2D eigenvalue weighted by atomic mass is 9.74. The van der Waals surface area contributed by atoms with E-state index in [9.17, 15) is 4.79 Å². The molecule has 0 bridgehead atoms. The van der Waals surface area contributed by atoms with Crippen molar-refractivity contribution >= 4 is 5.97 Å². The Bertz CT molecular complexity index is 660. The Kier molecular flexibility index (Phi) is 11.6. The molecule has 0 amide bonds. The van der Waals surface area contributed by atoms with Crippen LogP contribution in [0.5, 0.6) is 11.5 Å². The fourth-order valence-corrected chi connectivity index (χ4v) is 6.14. The van der Waals surface area contributed by atoms with E-state index in [2.05, 4.69) is 13.8 Å². The zero-order chi connectivity index (χ0) is 23.3. The van der Waals surface area contributed by atoms with Crippen LogP contribution in [0.25, 0.3) is 0 Å². The summed E-state index contributed by atoms with van der Waals surface area (Å²) in [4.78, 5) is 12.5. The predicted octanol–water partition coefficient (Wildman–Crippen LogP) is 8.74. The van der Waals surface area contributed by atoms with Gasteiger partial charge >= 0.3 is 5.97 Å². The second-order valence-corrected chi connectivity index (χ2v) is 10.7. The number of carbonyl (C=O) groups excluding carboxylic acids is 1. The molecule has 2 aliphatic rings.